The summed E-state index contributed by atoms with van der Waals surface area (Å²) >= 11 is 0. The zero-order valence-electron chi connectivity index (χ0n) is 13.7. The summed E-state index contributed by atoms with van der Waals surface area (Å²) in [7, 11) is -2.61. The van der Waals surface area contributed by atoms with Crippen molar-refractivity contribution < 1.29 is 31.1 Å². The molecule has 0 spiro atoms. The monoisotopic (exact) mass is 387 g/mol. The third-order valence-corrected chi connectivity index (χ3v) is 5.49. The predicted octanol–water partition coefficient (Wildman–Crippen LogP) is 3.00. The third kappa shape index (κ3) is 3.94. The lowest BCUT2D eigenvalue weighted by Crippen LogP contribution is -2.42. The molecule has 1 aliphatic rings. The highest BCUT2D eigenvalue weighted by Crippen LogP contribution is 2.31. The van der Waals surface area contributed by atoms with Gasteiger partial charge in [-0.05, 0) is 48.4 Å². The van der Waals surface area contributed by atoms with Crippen LogP contribution < -0.4 is 14.2 Å². The van der Waals surface area contributed by atoms with Gasteiger partial charge in [-0.2, -0.15) is 13.2 Å². The summed E-state index contributed by atoms with van der Waals surface area (Å²) in [6.45, 7) is 0.0809. The SMILES string of the molecule is COc1ccc2c(c1)C[C@H](NS(=O)(=O)c1cccc(C(F)(F)F)c1)CO2. The Labute approximate surface area is 148 Å². The number of methoxy groups -OCH3 is 1. The lowest BCUT2D eigenvalue weighted by atomic mass is 10.0. The summed E-state index contributed by atoms with van der Waals surface area (Å²) in [4.78, 5) is -0.441. The summed E-state index contributed by atoms with van der Waals surface area (Å²) in [5.41, 5.74) is -0.261. The van der Waals surface area contributed by atoms with Gasteiger partial charge in [0.25, 0.3) is 0 Å². The summed E-state index contributed by atoms with van der Waals surface area (Å²) in [5, 5.41) is 0. The van der Waals surface area contributed by atoms with E-state index in [0.29, 0.717) is 24.0 Å². The fraction of sp³-hybridized carbons (Fsp3) is 0.294. The second kappa shape index (κ2) is 6.81. The van der Waals surface area contributed by atoms with Gasteiger partial charge in [-0.25, -0.2) is 13.1 Å². The number of benzene rings is 2. The number of rotatable bonds is 4. The second-order valence-electron chi connectivity index (χ2n) is 5.83. The van der Waals surface area contributed by atoms with Crippen molar-refractivity contribution in [1.82, 2.24) is 4.72 Å². The van der Waals surface area contributed by atoms with E-state index in [1.807, 2.05) is 0 Å². The number of ether oxygens (including phenoxy) is 2. The summed E-state index contributed by atoms with van der Waals surface area (Å²) in [6.07, 6.45) is -4.28. The number of hydrogen-bond donors (Lipinski definition) is 1. The molecular formula is C17H16F3NO4S. The van der Waals surface area contributed by atoms with Crippen molar-refractivity contribution in [3.05, 3.63) is 53.6 Å². The Kier molecular flexibility index (Phi) is 4.85. The molecule has 0 aliphatic carbocycles. The Morgan fingerprint density at radius 1 is 1.19 bits per heavy atom. The summed E-state index contributed by atoms with van der Waals surface area (Å²) < 4.78 is 76.4. The van der Waals surface area contributed by atoms with Crippen LogP contribution in [0.3, 0.4) is 0 Å². The van der Waals surface area contributed by atoms with Crippen molar-refractivity contribution in [2.24, 2.45) is 0 Å². The van der Waals surface area contributed by atoms with Gasteiger partial charge in [-0.15, -0.1) is 0 Å². The molecule has 26 heavy (non-hydrogen) atoms. The van der Waals surface area contributed by atoms with Gasteiger partial charge in [0.2, 0.25) is 10.0 Å². The lowest BCUT2D eigenvalue weighted by Gasteiger charge is -2.26. The number of alkyl halides is 3. The minimum absolute atomic E-state index is 0.0809. The fourth-order valence-electron chi connectivity index (χ4n) is 2.70. The van der Waals surface area contributed by atoms with Crippen LogP contribution in [-0.2, 0) is 22.6 Å². The third-order valence-electron chi connectivity index (χ3n) is 3.97. The van der Waals surface area contributed by atoms with Gasteiger partial charge in [-0.3, -0.25) is 0 Å². The molecule has 0 amide bonds. The van der Waals surface area contributed by atoms with Crippen molar-refractivity contribution >= 4 is 10.0 Å². The first-order chi connectivity index (χ1) is 12.2. The van der Waals surface area contributed by atoms with E-state index >= 15 is 0 Å². The highest BCUT2D eigenvalue weighted by Gasteiger charge is 2.32. The summed E-state index contributed by atoms with van der Waals surface area (Å²) in [6, 6.07) is 8.22. The molecule has 1 aliphatic heterocycles. The number of sulfonamides is 1. The molecule has 1 N–H and O–H groups in total. The fourth-order valence-corrected chi connectivity index (χ4v) is 3.97. The van der Waals surface area contributed by atoms with Gasteiger partial charge >= 0.3 is 6.18 Å². The minimum Gasteiger partial charge on any atom is -0.497 e. The van der Waals surface area contributed by atoms with Crippen LogP contribution in [0, 0.1) is 0 Å². The standard InChI is InChI=1S/C17H16F3NO4S/c1-24-14-5-6-16-11(8-14)7-13(10-25-16)21-26(22,23)15-4-2-3-12(9-15)17(18,19)20/h2-6,8-9,13,21H,7,10H2,1H3/t13-/m0/s1. The van der Waals surface area contributed by atoms with Gasteiger partial charge in [0, 0.05) is 0 Å². The van der Waals surface area contributed by atoms with Gasteiger partial charge in [0.05, 0.1) is 23.6 Å². The number of hydrogen-bond acceptors (Lipinski definition) is 4. The molecule has 0 aromatic heterocycles. The first-order valence-electron chi connectivity index (χ1n) is 7.68. The second-order valence-corrected chi connectivity index (χ2v) is 7.55. The molecule has 2 aromatic rings. The smallest absolute Gasteiger partial charge is 0.416 e. The number of halogens is 3. The first-order valence-corrected chi connectivity index (χ1v) is 9.16. The number of nitrogens with one attached hydrogen (secondary N) is 1. The van der Waals surface area contributed by atoms with Gasteiger partial charge < -0.3 is 9.47 Å². The van der Waals surface area contributed by atoms with Gasteiger partial charge in [0.15, 0.2) is 0 Å². The van der Waals surface area contributed by atoms with E-state index in [1.54, 1.807) is 18.2 Å². The Hall–Kier alpha value is -2.26. The van der Waals surface area contributed by atoms with Crippen LogP contribution in [0.1, 0.15) is 11.1 Å². The van der Waals surface area contributed by atoms with E-state index in [-0.39, 0.29) is 6.61 Å². The Balaban J connectivity index is 1.80. The predicted molar refractivity (Wildman–Crippen MR) is 87.7 cm³/mol. The number of fused-ring (bicyclic) bond motifs is 1. The van der Waals surface area contributed by atoms with E-state index in [4.69, 9.17) is 9.47 Å². The molecule has 2 aromatic carbocycles. The van der Waals surface area contributed by atoms with Crippen LogP contribution >= 0.6 is 0 Å². The Morgan fingerprint density at radius 3 is 2.65 bits per heavy atom. The van der Waals surface area contributed by atoms with E-state index in [1.165, 1.54) is 7.11 Å². The first kappa shape index (κ1) is 18.5. The maximum Gasteiger partial charge on any atom is 0.416 e. The van der Waals surface area contributed by atoms with E-state index < -0.39 is 32.7 Å². The zero-order valence-corrected chi connectivity index (χ0v) is 14.5. The molecule has 0 radical (unpaired) electrons. The molecule has 0 bridgehead atoms. The Morgan fingerprint density at radius 2 is 1.96 bits per heavy atom. The highest BCUT2D eigenvalue weighted by molar-refractivity contribution is 7.89. The van der Waals surface area contributed by atoms with Crippen LogP contribution in [0.25, 0.3) is 0 Å². The molecule has 3 rings (SSSR count). The topological polar surface area (TPSA) is 64.6 Å². The van der Waals surface area contributed by atoms with Crippen molar-refractivity contribution in [1.29, 1.82) is 0 Å². The quantitative estimate of drug-likeness (QED) is 0.876. The van der Waals surface area contributed by atoms with E-state index in [0.717, 1.165) is 23.8 Å². The van der Waals surface area contributed by atoms with E-state index in [9.17, 15) is 21.6 Å². The molecule has 0 saturated heterocycles. The van der Waals surface area contributed by atoms with Gasteiger partial charge in [-0.1, -0.05) is 6.07 Å². The largest absolute Gasteiger partial charge is 0.497 e. The Bertz CT molecular complexity index is 912. The maximum absolute atomic E-state index is 12.8. The van der Waals surface area contributed by atoms with Gasteiger partial charge in [0.1, 0.15) is 18.1 Å². The van der Waals surface area contributed by atoms with Crippen LogP contribution in [0.5, 0.6) is 11.5 Å². The van der Waals surface area contributed by atoms with Crippen molar-refractivity contribution in [3.63, 3.8) is 0 Å². The van der Waals surface area contributed by atoms with Crippen LogP contribution in [0.15, 0.2) is 47.4 Å². The van der Waals surface area contributed by atoms with Crippen LogP contribution in [0.2, 0.25) is 0 Å². The van der Waals surface area contributed by atoms with Crippen LogP contribution in [-0.4, -0.2) is 28.2 Å². The average Bonchev–Trinajstić information content (AvgIpc) is 2.60. The van der Waals surface area contributed by atoms with Crippen molar-refractivity contribution in [3.8, 4) is 11.5 Å². The highest BCUT2D eigenvalue weighted by atomic mass is 32.2. The maximum atomic E-state index is 12.8. The molecule has 1 atom stereocenters. The molecule has 1 heterocycles. The molecule has 5 nitrogen and oxygen atoms in total. The van der Waals surface area contributed by atoms with Crippen LogP contribution in [0.4, 0.5) is 13.2 Å². The molecule has 140 valence electrons. The summed E-state index contributed by atoms with van der Waals surface area (Å²) in [5.74, 6) is 1.23. The molecule has 0 fully saturated rings. The van der Waals surface area contributed by atoms with Crippen molar-refractivity contribution in [2.45, 2.75) is 23.5 Å². The van der Waals surface area contributed by atoms with E-state index in [2.05, 4.69) is 4.72 Å². The normalized spacial score (nSPS) is 17.3. The molecule has 0 saturated carbocycles. The average molecular weight is 387 g/mol. The molecular weight excluding hydrogens is 371 g/mol. The lowest BCUT2D eigenvalue weighted by molar-refractivity contribution is -0.137. The molecule has 0 unspecified atom stereocenters. The van der Waals surface area contributed by atoms with Crippen molar-refractivity contribution in [2.75, 3.05) is 13.7 Å². The molecule has 9 heteroatoms. The minimum atomic E-state index is -4.62. The zero-order chi connectivity index (χ0) is 18.9.